The highest BCUT2D eigenvalue weighted by Crippen LogP contribution is 2.48. The van der Waals surface area contributed by atoms with E-state index >= 15 is 0 Å². The zero-order valence-corrected chi connectivity index (χ0v) is 15.7. The molecule has 0 atom stereocenters. The number of aromatic nitrogens is 2. The minimum atomic E-state index is -5.81. The summed E-state index contributed by atoms with van der Waals surface area (Å²) < 4.78 is 80.5. The van der Waals surface area contributed by atoms with Crippen LogP contribution in [0.3, 0.4) is 0 Å². The second-order valence-corrected chi connectivity index (χ2v) is 7.09. The van der Waals surface area contributed by atoms with E-state index in [0.29, 0.717) is 11.1 Å². The number of hydrogen-bond acceptors (Lipinski definition) is 3. The number of nitrogens with two attached hydrogens (primary N) is 1. The molecule has 29 heavy (non-hydrogen) atoms. The fourth-order valence-electron chi connectivity index (χ4n) is 2.76. The van der Waals surface area contributed by atoms with E-state index in [1.165, 1.54) is 11.8 Å². The third kappa shape index (κ3) is 3.74. The van der Waals surface area contributed by atoms with E-state index in [9.17, 15) is 26.3 Å². The highest BCUT2D eigenvalue weighted by molar-refractivity contribution is 7.98. The number of rotatable bonds is 4. The van der Waals surface area contributed by atoms with Crippen LogP contribution in [0.15, 0.2) is 59.5 Å². The van der Waals surface area contributed by atoms with Gasteiger partial charge in [0, 0.05) is 16.0 Å². The molecule has 2 aromatic carbocycles. The van der Waals surface area contributed by atoms with Crippen molar-refractivity contribution < 1.29 is 26.3 Å². The van der Waals surface area contributed by atoms with Gasteiger partial charge in [-0.2, -0.15) is 26.3 Å². The average Bonchev–Trinajstić information content (AvgIpc) is 3.12. The predicted octanol–water partition coefficient (Wildman–Crippen LogP) is 5.74. The minimum Gasteiger partial charge on any atom is -0.339 e. The third-order valence-corrected chi connectivity index (χ3v) is 5.14. The Hall–Kier alpha value is -2.46. The molecular formula is C19H15F6N3S. The van der Waals surface area contributed by atoms with Crippen molar-refractivity contribution in [1.82, 2.24) is 9.97 Å². The molecule has 0 aliphatic carbocycles. The van der Waals surface area contributed by atoms with Crippen LogP contribution < -0.4 is 5.73 Å². The van der Waals surface area contributed by atoms with Gasteiger partial charge in [-0.1, -0.05) is 42.5 Å². The van der Waals surface area contributed by atoms with Crippen molar-refractivity contribution in [2.24, 2.45) is 5.73 Å². The van der Waals surface area contributed by atoms with E-state index in [2.05, 4.69) is 9.97 Å². The molecule has 1 aromatic heterocycles. The molecule has 0 spiro atoms. The van der Waals surface area contributed by atoms with Crippen LogP contribution in [0.2, 0.25) is 0 Å². The maximum absolute atomic E-state index is 13.4. The summed E-state index contributed by atoms with van der Waals surface area (Å²) in [5.41, 5.74) is 0.968. The average molecular weight is 431 g/mol. The van der Waals surface area contributed by atoms with Gasteiger partial charge in [0.2, 0.25) is 0 Å². The summed E-state index contributed by atoms with van der Waals surface area (Å²) in [5, 5.41) is 0. The first-order valence-electron chi connectivity index (χ1n) is 8.21. The summed E-state index contributed by atoms with van der Waals surface area (Å²) in [6.07, 6.45) is -9.78. The number of hydrogen-bond donors (Lipinski definition) is 2. The van der Waals surface area contributed by atoms with Gasteiger partial charge in [0.1, 0.15) is 5.82 Å². The largest absolute Gasteiger partial charge is 0.422 e. The van der Waals surface area contributed by atoms with Gasteiger partial charge in [-0.05, 0) is 18.4 Å². The first-order valence-corrected chi connectivity index (χ1v) is 9.44. The fraction of sp³-hybridized carbons (Fsp3) is 0.211. The molecule has 0 fully saturated rings. The standard InChI is InChI=1S/C19H15F6N3S/c1-29-13-9-7-12(8-10-13)15-14(11-5-3-2-4-6-11)27-16(28-15)17(26,18(20,21)22)19(23,24)25/h2-10H,26H2,1H3,(H,27,28). The molecule has 0 aliphatic heterocycles. The van der Waals surface area contributed by atoms with Gasteiger partial charge < -0.3 is 10.7 Å². The summed E-state index contributed by atoms with van der Waals surface area (Å²) in [6.45, 7) is 0. The highest BCUT2D eigenvalue weighted by atomic mass is 32.2. The van der Waals surface area contributed by atoms with Crippen LogP contribution in [0.1, 0.15) is 5.82 Å². The van der Waals surface area contributed by atoms with E-state index < -0.39 is 23.7 Å². The lowest BCUT2D eigenvalue weighted by atomic mass is 9.98. The number of imidazole rings is 1. The van der Waals surface area contributed by atoms with Gasteiger partial charge in [-0.25, -0.2) is 4.98 Å². The summed E-state index contributed by atoms with van der Waals surface area (Å²) in [4.78, 5) is 6.77. The Bertz CT molecular complexity index is 964. The van der Waals surface area contributed by atoms with E-state index in [-0.39, 0.29) is 11.4 Å². The molecule has 0 saturated heterocycles. The maximum Gasteiger partial charge on any atom is 0.422 e. The van der Waals surface area contributed by atoms with Gasteiger partial charge in [-0.15, -0.1) is 11.8 Å². The second-order valence-electron chi connectivity index (χ2n) is 6.21. The van der Waals surface area contributed by atoms with Gasteiger partial charge in [0.05, 0.1) is 11.4 Å². The van der Waals surface area contributed by atoms with Gasteiger partial charge in [-0.3, -0.25) is 0 Å². The molecule has 0 saturated carbocycles. The highest BCUT2D eigenvalue weighted by Gasteiger charge is 2.71. The molecule has 0 amide bonds. The molecule has 3 N–H and O–H groups in total. The first-order chi connectivity index (χ1) is 13.5. The number of thioether (sulfide) groups is 1. The number of benzene rings is 2. The van der Waals surface area contributed by atoms with Crippen molar-refractivity contribution in [3.8, 4) is 22.5 Å². The second kappa shape index (κ2) is 7.42. The van der Waals surface area contributed by atoms with Gasteiger partial charge in [0.15, 0.2) is 0 Å². The predicted molar refractivity (Wildman–Crippen MR) is 99.2 cm³/mol. The molecule has 1 heterocycles. The van der Waals surface area contributed by atoms with Crippen molar-refractivity contribution in [2.75, 3.05) is 6.26 Å². The molecular weight excluding hydrogens is 416 g/mol. The Morgan fingerprint density at radius 3 is 1.86 bits per heavy atom. The Labute approximate surface area is 166 Å². The normalized spacial score (nSPS) is 13.0. The molecule has 10 heteroatoms. The number of aromatic amines is 1. The zero-order chi connectivity index (χ0) is 21.4. The van der Waals surface area contributed by atoms with Crippen LogP contribution in [0, 0.1) is 0 Å². The van der Waals surface area contributed by atoms with Crippen molar-refractivity contribution in [1.29, 1.82) is 0 Å². The van der Waals surface area contributed by atoms with Crippen LogP contribution in [-0.2, 0) is 5.54 Å². The van der Waals surface area contributed by atoms with Crippen molar-refractivity contribution in [3.63, 3.8) is 0 Å². The lowest BCUT2D eigenvalue weighted by molar-refractivity contribution is -0.304. The van der Waals surface area contributed by atoms with E-state index in [4.69, 9.17) is 5.73 Å². The lowest BCUT2D eigenvalue weighted by Crippen LogP contribution is -2.61. The Kier molecular flexibility index (Phi) is 5.44. The number of alkyl halides is 6. The van der Waals surface area contributed by atoms with Crippen molar-refractivity contribution in [3.05, 3.63) is 60.4 Å². The quantitative estimate of drug-likeness (QED) is 0.409. The van der Waals surface area contributed by atoms with Gasteiger partial charge >= 0.3 is 12.4 Å². The smallest absolute Gasteiger partial charge is 0.339 e. The SMILES string of the molecule is CSc1ccc(-c2[nH]c(C(N)(C(F)(F)F)C(F)(F)F)nc2-c2ccccc2)cc1. The molecule has 0 aliphatic rings. The number of nitrogens with zero attached hydrogens (tertiary/aromatic N) is 1. The molecule has 0 bridgehead atoms. The Morgan fingerprint density at radius 1 is 0.828 bits per heavy atom. The maximum atomic E-state index is 13.4. The molecule has 3 aromatic rings. The number of halogens is 6. The minimum absolute atomic E-state index is 0.0159. The third-order valence-electron chi connectivity index (χ3n) is 4.40. The summed E-state index contributed by atoms with van der Waals surface area (Å²) >= 11 is 1.45. The van der Waals surface area contributed by atoms with E-state index in [1.807, 2.05) is 6.26 Å². The fourth-order valence-corrected chi connectivity index (χ4v) is 3.17. The van der Waals surface area contributed by atoms with Crippen LogP contribution in [-0.4, -0.2) is 28.6 Å². The summed E-state index contributed by atoms with van der Waals surface area (Å²) in [5.74, 6) is -1.42. The van der Waals surface area contributed by atoms with E-state index in [0.717, 1.165) is 4.90 Å². The number of H-pyrrole nitrogens is 1. The lowest BCUT2D eigenvalue weighted by Gasteiger charge is -2.31. The van der Waals surface area contributed by atoms with Crippen LogP contribution in [0.25, 0.3) is 22.5 Å². The summed E-state index contributed by atoms with van der Waals surface area (Å²) in [7, 11) is 0. The molecule has 0 radical (unpaired) electrons. The van der Waals surface area contributed by atoms with E-state index in [1.54, 1.807) is 54.6 Å². The molecule has 3 rings (SSSR count). The zero-order valence-electron chi connectivity index (χ0n) is 14.9. The Morgan fingerprint density at radius 2 is 1.38 bits per heavy atom. The monoisotopic (exact) mass is 431 g/mol. The molecule has 3 nitrogen and oxygen atoms in total. The van der Waals surface area contributed by atoms with Crippen LogP contribution >= 0.6 is 11.8 Å². The van der Waals surface area contributed by atoms with Gasteiger partial charge in [0.25, 0.3) is 5.54 Å². The summed E-state index contributed by atoms with van der Waals surface area (Å²) in [6, 6.07) is 14.6. The van der Waals surface area contributed by atoms with Crippen LogP contribution in [0.5, 0.6) is 0 Å². The van der Waals surface area contributed by atoms with Crippen molar-refractivity contribution >= 4 is 11.8 Å². The van der Waals surface area contributed by atoms with Crippen LogP contribution in [0.4, 0.5) is 26.3 Å². The number of nitrogens with one attached hydrogen (secondary N) is 1. The molecule has 154 valence electrons. The topological polar surface area (TPSA) is 54.7 Å². The first kappa shape index (κ1) is 21.3. The molecule has 0 unspecified atom stereocenters. The van der Waals surface area contributed by atoms with Crippen molar-refractivity contribution in [2.45, 2.75) is 22.8 Å². The Balaban J connectivity index is 2.27.